The lowest BCUT2D eigenvalue weighted by Gasteiger charge is -2.32. The molecule has 4 nitrogen and oxygen atoms in total. The van der Waals surface area contributed by atoms with Crippen LogP contribution in [0.3, 0.4) is 0 Å². The van der Waals surface area contributed by atoms with Crippen molar-refractivity contribution >= 4 is 23.2 Å². The fraction of sp³-hybridized carbons (Fsp3) is 0.533. The maximum absolute atomic E-state index is 12.8. The summed E-state index contributed by atoms with van der Waals surface area (Å²) in [5.74, 6) is 0.00982. The van der Waals surface area contributed by atoms with Gasteiger partial charge in [0, 0.05) is 44.8 Å². The van der Waals surface area contributed by atoms with E-state index < -0.39 is 11.7 Å². The van der Waals surface area contributed by atoms with Crippen LogP contribution in [0.1, 0.15) is 12.0 Å². The van der Waals surface area contributed by atoms with E-state index in [0.717, 1.165) is 19.2 Å². The van der Waals surface area contributed by atoms with E-state index in [1.54, 1.807) is 4.90 Å². The van der Waals surface area contributed by atoms with Crippen molar-refractivity contribution in [1.82, 2.24) is 9.80 Å². The summed E-state index contributed by atoms with van der Waals surface area (Å²) in [6.07, 6.45) is -4.25. The maximum atomic E-state index is 12.8. The van der Waals surface area contributed by atoms with Crippen LogP contribution in [0, 0.1) is 0 Å². The molecule has 0 radical (unpaired) electrons. The van der Waals surface area contributed by atoms with Gasteiger partial charge in [-0.05, 0) is 25.2 Å². The van der Waals surface area contributed by atoms with Gasteiger partial charge in [-0.25, -0.2) is 0 Å². The molecule has 0 aromatic heterocycles. The van der Waals surface area contributed by atoms with Gasteiger partial charge in [-0.2, -0.15) is 13.2 Å². The van der Waals surface area contributed by atoms with Gasteiger partial charge >= 0.3 is 6.18 Å². The van der Waals surface area contributed by atoms with E-state index in [1.807, 2.05) is 7.05 Å². The number of nitrogens with one attached hydrogen (secondary N) is 1. The van der Waals surface area contributed by atoms with E-state index in [1.165, 1.54) is 12.1 Å². The molecule has 1 N–H and O–H groups in total. The number of alkyl halides is 3. The second-order valence-corrected chi connectivity index (χ2v) is 5.96. The van der Waals surface area contributed by atoms with Crippen LogP contribution in [0.4, 0.5) is 18.9 Å². The molecule has 1 heterocycles. The molecule has 8 heteroatoms. The Morgan fingerprint density at radius 2 is 1.91 bits per heavy atom. The van der Waals surface area contributed by atoms with Gasteiger partial charge < -0.3 is 15.1 Å². The number of carbonyl (C=O) groups is 1. The third-order valence-corrected chi connectivity index (χ3v) is 4.13. The lowest BCUT2D eigenvalue weighted by atomic mass is 10.2. The highest BCUT2D eigenvalue weighted by Crippen LogP contribution is 2.36. The van der Waals surface area contributed by atoms with Crippen molar-refractivity contribution < 1.29 is 18.0 Å². The smallest absolute Gasteiger partial charge is 0.385 e. The first kappa shape index (κ1) is 17.9. The molecule has 128 valence electrons. The van der Waals surface area contributed by atoms with E-state index >= 15 is 0 Å². The first-order valence-corrected chi connectivity index (χ1v) is 7.72. The Kier molecular flexibility index (Phi) is 5.75. The van der Waals surface area contributed by atoms with Crippen LogP contribution in [-0.2, 0) is 11.0 Å². The summed E-state index contributed by atoms with van der Waals surface area (Å²) in [5.41, 5.74) is -0.581. The second-order valence-electron chi connectivity index (χ2n) is 5.55. The predicted molar refractivity (Wildman–Crippen MR) is 83.6 cm³/mol. The number of likely N-dealkylation sites (N-methyl/N-ethyl adjacent to an activating group) is 1. The third-order valence-electron chi connectivity index (χ3n) is 3.80. The molecule has 1 fully saturated rings. The van der Waals surface area contributed by atoms with Crippen molar-refractivity contribution in [2.24, 2.45) is 0 Å². The predicted octanol–water partition coefficient (Wildman–Crippen LogP) is 2.93. The monoisotopic (exact) mass is 349 g/mol. The zero-order valence-corrected chi connectivity index (χ0v) is 13.5. The molecule has 2 rings (SSSR count). The number of rotatable bonds is 4. The number of amides is 1. The largest absolute Gasteiger partial charge is 0.417 e. The highest BCUT2D eigenvalue weighted by Gasteiger charge is 2.33. The Labute approximate surface area is 138 Å². The lowest BCUT2D eigenvalue weighted by Crippen LogP contribution is -2.47. The molecule has 0 spiro atoms. The van der Waals surface area contributed by atoms with E-state index in [-0.39, 0.29) is 23.9 Å². The minimum atomic E-state index is -4.50. The fourth-order valence-electron chi connectivity index (χ4n) is 2.38. The summed E-state index contributed by atoms with van der Waals surface area (Å²) in [4.78, 5) is 16.0. The second kappa shape index (κ2) is 7.40. The summed E-state index contributed by atoms with van der Waals surface area (Å²) in [6, 6.07) is 3.63. The van der Waals surface area contributed by atoms with Crippen LogP contribution in [0.2, 0.25) is 5.02 Å². The first-order chi connectivity index (χ1) is 10.8. The van der Waals surface area contributed by atoms with Gasteiger partial charge in [0.05, 0.1) is 10.6 Å². The average molecular weight is 350 g/mol. The van der Waals surface area contributed by atoms with E-state index in [4.69, 9.17) is 11.6 Å². The average Bonchev–Trinajstić information content (AvgIpc) is 2.48. The highest BCUT2D eigenvalue weighted by molar-refractivity contribution is 6.31. The van der Waals surface area contributed by atoms with Gasteiger partial charge in [-0.15, -0.1) is 0 Å². The zero-order chi connectivity index (χ0) is 17.0. The van der Waals surface area contributed by atoms with Crippen molar-refractivity contribution in [3.8, 4) is 0 Å². The quantitative estimate of drug-likeness (QED) is 0.908. The van der Waals surface area contributed by atoms with Crippen molar-refractivity contribution in [3.05, 3.63) is 28.8 Å². The molecule has 0 atom stereocenters. The van der Waals surface area contributed by atoms with E-state index in [0.29, 0.717) is 18.8 Å². The minimum Gasteiger partial charge on any atom is -0.385 e. The summed E-state index contributed by atoms with van der Waals surface area (Å²) < 4.78 is 38.3. The molecular weight excluding hydrogens is 331 g/mol. The van der Waals surface area contributed by atoms with Crippen molar-refractivity contribution in [2.75, 3.05) is 45.1 Å². The summed E-state index contributed by atoms with van der Waals surface area (Å²) in [5, 5.41) is 2.51. The van der Waals surface area contributed by atoms with Gasteiger partial charge in [0.25, 0.3) is 0 Å². The molecule has 1 aliphatic heterocycles. The number of nitrogens with zero attached hydrogens (tertiary/aromatic N) is 2. The normalized spacial score (nSPS) is 16.5. The molecular formula is C15H19ClF3N3O. The summed E-state index contributed by atoms with van der Waals surface area (Å²) >= 11 is 5.57. The van der Waals surface area contributed by atoms with Crippen LogP contribution in [0.15, 0.2) is 18.2 Å². The van der Waals surface area contributed by atoms with Crippen LogP contribution < -0.4 is 5.32 Å². The van der Waals surface area contributed by atoms with Crippen LogP contribution in [0.25, 0.3) is 0 Å². The third kappa shape index (κ3) is 5.00. The molecule has 1 aliphatic rings. The van der Waals surface area contributed by atoms with Crippen LogP contribution in [0.5, 0.6) is 0 Å². The number of piperazine rings is 1. The Morgan fingerprint density at radius 3 is 2.52 bits per heavy atom. The Bertz CT molecular complexity index is 557. The van der Waals surface area contributed by atoms with Gasteiger partial charge in [-0.3, -0.25) is 4.79 Å². The first-order valence-electron chi connectivity index (χ1n) is 7.34. The number of benzene rings is 1. The number of anilines is 1. The zero-order valence-electron chi connectivity index (χ0n) is 12.8. The van der Waals surface area contributed by atoms with Gasteiger partial charge in [0.1, 0.15) is 0 Å². The topological polar surface area (TPSA) is 35.6 Å². The summed E-state index contributed by atoms with van der Waals surface area (Å²) in [7, 11) is 2.00. The van der Waals surface area contributed by atoms with E-state index in [2.05, 4.69) is 10.2 Å². The number of hydrogen-bond acceptors (Lipinski definition) is 3. The molecule has 1 saturated heterocycles. The van der Waals surface area contributed by atoms with Crippen LogP contribution in [-0.4, -0.2) is 55.5 Å². The van der Waals surface area contributed by atoms with Gasteiger partial charge in [0.15, 0.2) is 0 Å². The van der Waals surface area contributed by atoms with Crippen molar-refractivity contribution in [1.29, 1.82) is 0 Å². The number of carbonyl (C=O) groups excluding carboxylic acids is 1. The Morgan fingerprint density at radius 1 is 1.26 bits per heavy atom. The summed E-state index contributed by atoms with van der Waals surface area (Å²) in [6.45, 7) is 3.34. The fourth-order valence-corrected chi connectivity index (χ4v) is 2.60. The van der Waals surface area contributed by atoms with Gasteiger partial charge in [-0.1, -0.05) is 11.6 Å². The maximum Gasteiger partial charge on any atom is 0.417 e. The lowest BCUT2D eigenvalue weighted by molar-refractivity contribution is -0.137. The molecule has 23 heavy (non-hydrogen) atoms. The van der Waals surface area contributed by atoms with Crippen LogP contribution >= 0.6 is 11.6 Å². The highest BCUT2D eigenvalue weighted by atomic mass is 35.5. The molecule has 1 aromatic carbocycles. The molecule has 0 bridgehead atoms. The number of halogens is 4. The SMILES string of the molecule is CN1CCN(C(=O)CCNc2ccc(Cl)c(C(F)(F)F)c2)CC1. The molecule has 0 unspecified atom stereocenters. The molecule has 1 amide bonds. The Hall–Kier alpha value is -1.47. The molecule has 0 saturated carbocycles. The number of hydrogen-bond donors (Lipinski definition) is 1. The van der Waals surface area contributed by atoms with Gasteiger partial charge in [0.2, 0.25) is 5.91 Å². The van der Waals surface area contributed by atoms with Crippen molar-refractivity contribution in [2.45, 2.75) is 12.6 Å². The molecule has 0 aliphatic carbocycles. The standard InChI is InChI=1S/C15H19ClF3N3O/c1-21-6-8-22(9-7-21)14(23)4-5-20-11-2-3-13(16)12(10-11)15(17,18)19/h2-3,10,20H,4-9H2,1H3. The Balaban J connectivity index is 1.85. The van der Waals surface area contributed by atoms with E-state index in [9.17, 15) is 18.0 Å². The minimum absolute atomic E-state index is 0.00982. The van der Waals surface area contributed by atoms with Crippen molar-refractivity contribution in [3.63, 3.8) is 0 Å². The molecule has 1 aromatic rings.